The summed E-state index contributed by atoms with van der Waals surface area (Å²) < 4.78 is 7.81. The number of hydrogen-bond acceptors (Lipinski definition) is 6. The van der Waals surface area contributed by atoms with Crippen molar-refractivity contribution in [3.63, 3.8) is 0 Å². The topological polar surface area (TPSA) is 68.4 Å². The highest BCUT2D eigenvalue weighted by Crippen LogP contribution is 2.25. The zero-order valence-electron chi connectivity index (χ0n) is 13.7. The SMILES string of the molecule is Cc1nnc2c(N3CCCC(COc4ccccn4)C3)nccn12. The molecule has 0 aliphatic carbocycles. The van der Waals surface area contributed by atoms with Gasteiger partial charge in [-0.1, -0.05) is 6.07 Å². The molecule has 24 heavy (non-hydrogen) atoms. The number of hydrogen-bond donors (Lipinski definition) is 0. The summed E-state index contributed by atoms with van der Waals surface area (Å²) in [5.41, 5.74) is 0.821. The van der Waals surface area contributed by atoms with Gasteiger partial charge in [0.25, 0.3) is 0 Å². The fraction of sp³-hybridized carbons (Fsp3) is 0.412. The smallest absolute Gasteiger partial charge is 0.213 e. The lowest BCUT2D eigenvalue weighted by Gasteiger charge is -2.33. The number of ether oxygens (including phenoxy) is 1. The molecule has 4 rings (SSSR count). The molecule has 0 N–H and O–H groups in total. The van der Waals surface area contributed by atoms with Crippen molar-refractivity contribution in [3.05, 3.63) is 42.6 Å². The molecule has 1 aliphatic rings. The van der Waals surface area contributed by atoms with Crippen molar-refractivity contribution in [1.29, 1.82) is 0 Å². The van der Waals surface area contributed by atoms with E-state index in [2.05, 4.69) is 25.1 Å². The number of aryl methyl sites for hydroxylation is 1. The first kappa shape index (κ1) is 14.9. The lowest BCUT2D eigenvalue weighted by molar-refractivity contribution is 0.221. The minimum atomic E-state index is 0.451. The second-order valence-electron chi connectivity index (χ2n) is 6.12. The molecule has 7 heteroatoms. The van der Waals surface area contributed by atoms with Crippen molar-refractivity contribution >= 4 is 11.5 Å². The van der Waals surface area contributed by atoms with Crippen LogP contribution < -0.4 is 9.64 Å². The number of anilines is 1. The van der Waals surface area contributed by atoms with Gasteiger partial charge in [0.1, 0.15) is 5.82 Å². The summed E-state index contributed by atoms with van der Waals surface area (Å²) in [5, 5.41) is 8.44. The van der Waals surface area contributed by atoms with Gasteiger partial charge in [0, 0.05) is 43.7 Å². The molecule has 1 atom stereocenters. The standard InChI is InChI=1S/C17H20N6O/c1-13-20-21-17-16(19-8-10-23(13)17)22-9-4-5-14(11-22)12-24-15-6-2-3-7-18-15/h2-3,6-8,10,14H,4-5,9,11-12H2,1H3. The van der Waals surface area contributed by atoms with Gasteiger partial charge in [-0.25, -0.2) is 9.97 Å². The van der Waals surface area contributed by atoms with Crippen LogP contribution in [0.2, 0.25) is 0 Å². The molecule has 0 radical (unpaired) electrons. The first-order valence-corrected chi connectivity index (χ1v) is 8.26. The number of pyridine rings is 1. The molecule has 1 unspecified atom stereocenters. The van der Waals surface area contributed by atoms with Crippen LogP contribution in [-0.2, 0) is 0 Å². The second kappa shape index (κ2) is 6.43. The zero-order valence-corrected chi connectivity index (χ0v) is 13.7. The van der Waals surface area contributed by atoms with E-state index in [1.807, 2.05) is 41.9 Å². The lowest BCUT2D eigenvalue weighted by atomic mass is 9.99. The molecule has 0 spiro atoms. The van der Waals surface area contributed by atoms with Crippen molar-refractivity contribution in [3.8, 4) is 5.88 Å². The molecule has 3 aromatic rings. The predicted molar refractivity (Wildman–Crippen MR) is 90.2 cm³/mol. The van der Waals surface area contributed by atoms with E-state index in [1.54, 1.807) is 6.20 Å². The molecule has 0 aromatic carbocycles. The van der Waals surface area contributed by atoms with Crippen molar-refractivity contribution in [2.75, 3.05) is 24.6 Å². The van der Waals surface area contributed by atoms with Gasteiger partial charge in [-0.15, -0.1) is 10.2 Å². The summed E-state index contributed by atoms with van der Waals surface area (Å²) in [6.45, 7) is 4.51. The van der Waals surface area contributed by atoms with E-state index in [0.717, 1.165) is 43.2 Å². The third-order valence-corrected chi connectivity index (χ3v) is 4.40. The maximum absolute atomic E-state index is 5.83. The molecular formula is C17H20N6O. The van der Waals surface area contributed by atoms with Gasteiger partial charge in [-0.05, 0) is 25.8 Å². The van der Waals surface area contributed by atoms with E-state index in [0.29, 0.717) is 18.4 Å². The molecular weight excluding hydrogens is 304 g/mol. The molecule has 124 valence electrons. The van der Waals surface area contributed by atoms with Crippen LogP contribution in [0.1, 0.15) is 18.7 Å². The van der Waals surface area contributed by atoms with Crippen LogP contribution in [0.3, 0.4) is 0 Å². The minimum Gasteiger partial charge on any atom is -0.477 e. The second-order valence-corrected chi connectivity index (χ2v) is 6.12. The number of aromatic nitrogens is 5. The normalized spacial score (nSPS) is 18.0. The summed E-state index contributed by atoms with van der Waals surface area (Å²) >= 11 is 0. The van der Waals surface area contributed by atoms with Gasteiger partial charge in [0.05, 0.1) is 6.61 Å². The van der Waals surface area contributed by atoms with E-state index >= 15 is 0 Å². The average Bonchev–Trinajstić information content (AvgIpc) is 3.02. The van der Waals surface area contributed by atoms with E-state index in [4.69, 9.17) is 4.74 Å². The molecule has 0 amide bonds. The largest absolute Gasteiger partial charge is 0.477 e. The molecule has 7 nitrogen and oxygen atoms in total. The van der Waals surface area contributed by atoms with Crippen molar-refractivity contribution in [2.45, 2.75) is 19.8 Å². The van der Waals surface area contributed by atoms with Gasteiger partial charge >= 0.3 is 0 Å². The Morgan fingerprint density at radius 3 is 3.04 bits per heavy atom. The van der Waals surface area contributed by atoms with Crippen LogP contribution >= 0.6 is 0 Å². The van der Waals surface area contributed by atoms with E-state index in [9.17, 15) is 0 Å². The highest BCUT2D eigenvalue weighted by Gasteiger charge is 2.24. The number of fused-ring (bicyclic) bond motifs is 1. The maximum atomic E-state index is 5.83. The number of rotatable bonds is 4. The Kier molecular flexibility index (Phi) is 3.98. The van der Waals surface area contributed by atoms with Crippen LogP contribution in [0.25, 0.3) is 5.65 Å². The maximum Gasteiger partial charge on any atom is 0.213 e. The monoisotopic (exact) mass is 324 g/mol. The molecule has 4 heterocycles. The highest BCUT2D eigenvalue weighted by atomic mass is 16.5. The zero-order chi connectivity index (χ0) is 16.4. The summed E-state index contributed by atoms with van der Waals surface area (Å²) in [7, 11) is 0. The predicted octanol–water partition coefficient (Wildman–Crippen LogP) is 2.12. The Bertz CT molecular complexity index is 818. The van der Waals surface area contributed by atoms with E-state index in [-0.39, 0.29) is 0 Å². The molecule has 1 saturated heterocycles. The Labute approximate surface area is 140 Å². The first-order valence-electron chi connectivity index (χ1n) is 8.26. The summed E-state index contributed by atoms with van der Waals surface area (Å²) in [6, 6.07) is 5.72. The van der Waals surface area contributed by atoms with Gasteiger partial charge in [0.15, 0.2) is 5.82 Å². The third-order valence-electron chi connectivity index (χ3n) is 4.40. The Morgan fingerprint density at radius 2 is 2.17 bits per heavy atom. The molecule has 0 saturated carbocycles. The quantitative estimate of drug-likeness (QED) is 0.732. The summed E-state index contributed by atoms with van der Waals surface area (Å²) in [4.78, 5) is 11.1. The molecule has 3 aromatic heterocycles. The van der Waals surface area contributed by atoms with Crippen LogP contribution in [0.5, 0.6) is 5.88 Å². The fourth-order valence-corrected chi connectivity index (χ4v) is 3.18. The van der Waals surface area contributed by atoms with Gasteiger partial charge in [0.2, 0.25) is 11.5 Å². The van der Waals surface area contributed by atoms with Crippen molar-refractivity contribution in [2.24, 2.45) is 5.92 Å². The Hall–Kier alpha value is -2.70. The van der Waals surface area contributed by atoms with Gasteiger partial charge in [-0.2, -0.15) is 0 Å². The Balaban J connectivity index is 1.48. The van der Waals surface area contributed by atoms with Crippen LogP contribution in [0.15, 0.2) is 36.8 Å². The number of piperidine rings is 1. The van der Waals surface area contributed by atoms with Crippen molar-refractivity contribution < 1.29 is 4.74 Å². The van der Waals surface area contributed by atoms with E-state index < -0.39 is 0 Å². The molecule has 1 fully saturated rings. The number of nitrogens with zero attached hydrogens (tertiary/aromatic N) is 6. The average molecular weight is 324 g/mol. The van der Waals surface area contributed by atoms with Crippen LogP contribution in [-0.4, -0.2) is 44.3 Å². The highest BCUT2D eigenvalue weighted by molar-refractivity contribution is 5.63. The Morgan fingerprint density at radius 1 is 1.21 bits per heavy atom. The lowest BCUT2D eigenvalue weighted by Crippen LogP contribution is -2.38. The van der Waals surface area contributed by atoms with Gasteiger partial charge in [-0.3, -0.25) is 4.40 Å². The summed E-state index contributed by atoms with van der Waals surface area (Å²) in [6.07, 6.45) is 7.73. The van der Waals surface area contributed by atoms with Crippen LogP contribution in [0.4, 0.5) is 5.82 Å². The third kappa shape index (κ3) is 2.89. The first-order chi connectivity index (χ1) is 11.8. The van der Waals surface area contributed by atoms with Crippen LogP contribution in [0, 0.1) is 12.8 Å². The molecule has 1 aliphatic heterocycles. The summed E-state index contributed by atoms with van der Waals surface area (Å²) in [5.74, 6) is 2.91. The van der Waals surface area contributed by atoms with Gasteiger partial charge < -0.3 is 9.64 Å². The fourth-order valence-electron chi connectivity index (χ4n) is 3.18. The molecule has 0 bridgehead atoms. The van der Waals surface area contributed by atoms with Crippen molar-refractivity contribution in [1.82, 2.24) is 24.6 Å². The minimum absolute atomic E-state index is 0.451. The van der Waals surface area contributed by atoms with E-state index in [1.165, 1.54) is 0 Å².